The molecule has 0 bridgehead atoms. The summed E-state index contributed by atoms with van der Waals surface area (Å²) < 4.78 is 0. The predicted molar refractivity (Wildman–Crippen MR) is 104 cm³/mol. The molecular formula is C24H33O5-. The van der Waals surface area contributed by atoms with E-state index in [0.29, 0.717) is 32.1 Å². The van der Waals surface area contributed by atoms with Crippen molar-refractivity contribution in [3.8, 4) is 0 Å². The summed E-state index contributed by atoms with van der Waals surface area (Å²) in [4.78, 5) is 49.8. The summed E-state index contributed by atoms with van der Waals surface area (Å²) in [6.45, 7) is 6.32. The van der Waals surface area contributed by atoms with E-state index in [2.05, 4.69) is 13.8 Å². The summed E-state index contributed by atoms with van der Waals surface area (Å²) in [6, 6.07) is 0. The summed E-state index contributed by atoms with van der Waals surface area (Å²) in [5, 5.41) is 10.9. The summed E-state index contributed by atoms with van der Waals surface area (Å²) >= 11 is 0. The fraction of sp³-hybridized carbons (Fsp3) is 0.833. The van der Waals surface area contributed by atoms with Gasteiger partial charge in [-0.15, -0.1) is 0 Å². The Morgan fingerprint density at radius 3 is 2.52 bits per heavy atom. The smallest absolute Gasteiger partial charge is 0.139 e. The highest BCUT2D eigenvalue weighted by Crippen LogP contribution is 2.66. The number of carboxylic acid groups (broad SMARTS) is 1. The zero-order valence-electron chi connectivity index (χ0n) is 17.9. The highest BCUT2D eigenvalue weighted by molar-refractivity contribution is 5.93. The summed E-state index contributed by atoms with van der Waals surface area (Å²) in [5.74, 6) is 0.130. The minimum atomic E-state index is -1.04. The van der Waals surface area contributed by atoms with Crippen molar-refractivity contribution in [1.82, 2.24) is 0 Å². The monoisotopic (exact) mass is 401 g/mol. The fourth-order valence-corrected chi connectivity index (χ4v) is 7.94. The van der Waals surface area contributed by atoms with Crippen molar-refractivity contribution in [2.24, 2.45) is 46.3 Å². The van der Waals surface area contributed by atoms with Gasteiger partial charge in [0.15, 0.2) is 0 Å². The third-order valence-corrected chi connectivity index (χ3v) is 9.71. The maximum absolute atomic E-state index is 13.6. The number of hydrogen-bond acceptors (Lipinski definition) is 5. The van der Waals surface area contributed by atoms with Gasteiger partial charge in [0.25, 0.3) is 0 Å². The number of Topliss-reactive ketones (excluding diaryl/α,β-unsaturated/α-hetero) is 3. The average molecular weight is 402 g/mol. The lowest BCUT2D eigenvalue weighted by Crippen LogP contribution is -2.60. The van der Waals surface area contributed by atoms with E-state index < -0.39 is 11.4 Å². The molecule has 0 heterocycles. The second-order valence-electron chi connectivity index (χ2n) is 10.8. The first-order chi connectivity index (χ1) is 13.6. The molecule has 4 fully saturated rings. The van der Waals surface area contributed by atoms with Crippen LogP contribution in [0.4, 0.5) is 0 Å². The van der Waals surface area contributed by atoms with Crippen LogP contribution in [0.15, 0.2) is 0 Å². The van der Waals surface area contributed by atoms with Crippen molar-refractivity contribution < 1.29 is 24.3 Å². The van der Waals surface area contributed by atoms with Gasteiger partial charge in [0.2, 0.25) is 0 Å². The lowest BCUT2D eigenvalue weighted by molar-refractivity contribution is -0.306. The summed E-state index contributed by atoms with van der Waals surface area (Å²) in [6.07, 6.45) is 5.08. The number of carboxylic acids is 1. The molecule has 5 nitrogen and oxygen atoms in total. The zero-order chi connectivity index (χ0) is 21.1. The van der Waals surface area contributed by atoms with Gasteiger partial charge in [-0.1, -0.05) is 20.8 Å². The second-order valence-corrected chi connectivity index (χ2v) is 10.8. The highest BCUT2D eigenvalue weighted by atomic mass is 16.4. The summed E-state index contributed by atoms with van der Waals surface area (Å²) in [7, 11) is 0. The minimum absolute atomic E-state index is 0.0192. The van der Waals surface area contributed by atoms with E-state index in [1.807, 2.05) is 6.92 Å². The van der Waals surface area contributed by atoms with Gasteiger partial charge < -0.3 is 9.90 Å². The maximum atomic E-state index is 13.6. The van der Waals surface area contributed by atoms with Crippen LogP contribution in [-0.2, 0) is 19.2 Å². The normalized spacial score (nSPS) is 45.3. The lowest BCUT2D eigenvalue weighted by Gasteiger charge is -2.58. The van der Waals surface area contributed by atoms with Crippen molar-refractivity contribution in [3.63, 3.8) is 0 Å². The second kappa shape index (κ2) is 7.02. The predicted octanol–water partition coefficient (Wildman–Crippen LogP) is 2.74. The fourth-order valence-electron chi connectivity index (χ4n) is 7.94. The largest absolute Gasteiger partial charge is 0.550 e. The molecule has 4 aliphatic carbocycles. The van der Waals surface area contributed by atoms with Crippen molar-refractivity contribution in [2.75, 3.05) is 0 Å². The zero-order valence-corrected chi connectivity index (χ0v) is 17.9. The molecule has 29 heavy (non-hydrogen) atoms. The molecule has 0 radical (unpaired) electrons. The number of carbonyl (C=O) groups is 4. The van der Waals surface area contributed by atoms with Crippen molar-refractivity contribution in [2.45, 2.75) is 78.6 Å². The van der Waals surface area contributed by atoms with Gasteiger partial charge in [0, 0.05) is 43.0 Å². The molecule has 4 saturated carbocycles. The van der Waals surface area contributed by atoms with Crippen LogP contribution >= 0.6 is 0 Å². The van der Waals surface area contributed by atoms with E-state index in [1.54, 1.807) is 0 Å². The van der Waals surface area contributed by atoms with Gasteiger partial charge in [0.05, 0.1) is 0 Å². The van der Waals surface area contributed by atoms with Crippen LogP contribution in [0, 0.1) is 46.3 Å². The van der Waals surface area contributed by atoms with Crippen LogP contribution in [0.5, 0.6) is 0 Å². The minimum Gasteiger partial charge on any atom is -0.550 e. The van der Waals surface area contributed by atoms with Crippen LogP contribution in [-0.4, -0.2) is 23.3 Å². The number of ketones is 3. The van der Waals surface area contributed by atoms with Crippen LogP contribution in [0.3, 0.4) is 0 Å². The third-order valence-electron chi connectivity index (χ3n) is 9.71. The van der Waals surface area contributed by atoms with Gasteiger partial charge in [-0.2, -0.15) is 0 Å². The molecule has 4 aliphatic rings. The number of aliphatic carboxylic acids is 1. The van der Waals surface area contributed by atoms with Crippen molar-refractivity contribution >= 4 is 23.3 Å². The van der Waals surface area contributed by atoms with Gasteiger partial charge in [0.1, 0.15) is 17.3 Å². The topological polar surface area (TPSA) is 91.3 Å². The molecule has 0 aromatic heterocycles. The molecule has 0 spiro atoms. The maximum Gasteiger partial charge on any atom is 0.139 e. The Morgan fingerprint density at radius 1 is 1.10 bits per heavy atom. The Balaban J connectivity index is 1.63. The Morgan fingerprint density at radius 2 is 1.83 bits per heavy atom. The first kappa shape index (κ1) is 20.7. The molecule has 160 valence electrons. The molecular weight excluding hydrogens is 368 g/mol. The first-order valence-corrected chi connectivity index (χ1v) is 11.4. The molecule has 0 aromatic rings. The Hall–Kier alpha value is -1.52. The quantitative estimate of drug-likeness (QED) is 0.722. The van der Waals surface area contributed by atoms with E-state index in [0.717, 1.165) is 19.3 Å². The highest BCUT2D eigenvalue weighted by Gasteiger charge is 2.66. The van der Waals surface area contributed by atoms with Crippen LogP contribution in [0.25, 0.3) is 0 Å². The lowest BCUT2D eigenvalue weighted by atomic mass is 9.44. The van der Waals surface area contributed by atoms with E-state index in [4.69, 9.17) is 0 Å². The van der Waals surface area contributed by atoms with Gasteiger partial charge >= 0.3 is 0 Å². The number of rotatable bonds is 4. The number of hydrogen-bond donors (Lipinski definition) is 0. The Labute approximate surface area is 173 Å². The first-order valence-electron chi connectivity index (χ1n) is 11.4. The van der Waals surface area contributed by atoms with E-state index >= 15 is 0 Å². The van der Waals surface area contributed by atoms with Gasteiger partial charge in [-0.05, 0) is 67.1 Å². The SMILES string of the molecule is C[C@H](CCC(=O)[O-])[C@H]1CC[C@H]2[C@@H]3C(=O)C[C@@H]4CC(=O)CC[C@]4(C)[C@@H]3CC(=O)[C@]12C. The van der Waals surface area contributed by atoms with E-state index in [9.17, 15) is 24.3 Å². The Bertz CT molecular complexity index is 756. The van der Waals surface area contributed by atoms with Crippen LogP contribution in [0.2, 0.25) is 0 Å². The molecule has 0 amide bonds. The molecule has 0 unspecified atom stereocenters. The van der Waals surface area contributed by atoms with E-state index in [-0.39, 0.29) is 64.7 Å². The molecule has 0 saturated heterocycles. The molecule has 5 heteroatoms. The van der Waals surface area contributed by atoms with Crippen LogP contribution in [0.1, 0.15) is 78.6 Å². The van der Waals surface area contributed by atoms with Crippen molar-refractivity contribution in [1.29, 1.82) is 0 Å². The Kier molecular flexibility index (Phi) is 5.02. The molecule has 0 aromatic carbocycles. The third kappa shape index (κ3) is 3.02. The summed E-state index contributed by atoms with van der Waals surface area (Å²) in [5.41, 5.74) is -0.627. The standard InChI is InChI=1S/C24H34O5/c1-13(4-7-21(28)29)16-5-6-17-22-18(12-20(27)24(16,17)3)23(2)9-8-15(25)10-14(23)11-19(22)26/h13-14,16-18,22H,4-12H2,1-3H3,(H,28,29)/p-1/t13-,14+,16-,17+,18-,22+,23+,24-/m1/s1. The van der Waals surface area contributed by atoms with Gasteiger partial charge in [-0.25, -0.2) is 0 Å². The number of fused-ring (bicyclic) bond motifs is 5. The molecule has 0 aliphatic heterocycles. The molecule has 8 atom stereocenters. The van der Waals surface area contributed by atoms with E-state index in [1.165, 1.54) is 0 Å². The molecule has 0 N–H and O–H groups in total. The average Bonchev–Trinajstić information content (AvgIpc) is 3.01. The van der Waals surface area contributed by atoms with Crippen molar-refractivity contribution in [3.05, 3.63) is 0 Å². The van der Waals surface area contributed by atoms with Crippen LogP contribution < -0.4 is 5.11 Å². The molecule has 4 rings (SSSR count). The van der Waals surface area contributed by atoms with Gasteiger partial charge in [-0.3, -0.25) is 14.4 Å². The number of carbonyl (C=O) groups excluding carboxylic acids is 4.